The Hall–Kier alpha value is -0.0800. The molecular weight excluding hydrogens is 261 g/mol. The third-order valence-electron chi connectivity index (χ3n) is 3.32. The Morgan fingerprint density at radius 2 is 2.06 bits per heavy atom. The van der Waals surface area contributed by atoms with Crippen LogP contribution < -0.4 is 0 Å². The molecular formula is C14H22NOPS. The van der Waals surface area contributed by atoms with Crippen molar-refractivity contribution in [1.82, 2.24) is 4.67 Å². The van der Waals surface area contributed by atoms with Crippen molar-refractivity contribution >= 4 is 19.1 Å². The first-order valence-corrected chi connectivity index (χ1v) is 9.45. The lowest BCUT2D eigenvalue weighted by Gasteiger charge is -2.47. The van der Waals surface area contributed by atoms with Crippen LogP contribution in [0, 0.1) is 0 Å². The van der Waals surface area contributed by atoms with Gasteiger partial charge in [-0.05, 0) is 32.8 Å². The average molecular weight is 283 g/mol. The van der Waals surface area contributed by atoms with Gasteiger partial charge in [0.05, 0.1) is 6.10 Å². The van der Waals surface area contributed by atoms with E-state index in [2.05, 4.69) is 49.7 Å². The van der Waals surface area contributed by atoms with Crippen molar-refractivity contribution in [3.63, 3.8) is 0 Å². The van der Waals surface area contributed by atoms with Crippen molar-refractivity contribution in [1.29, 1.82) is 0 Å². The molecule has 4 heteroatoms. The second kappa shape index (κ2) is 5.92. The molecule has 0 spiro atoms. The zero-order valence-electron chi connectivity index (χ0n) is 11.4. The molecule has 0 aliphatic carbocycles. The minimum atomic E-state index is -1.89. The Bertz CT molecular complexity index is 387. The monoisotopic (exact) mass is 283 g/mol. The van der Waals surface area contributed by atoms with E-state index in [9.17, 15) is 0 Å². The summed E-state index contributed by atoms with van der Waals surface area (Å²) in [7, 11) is 0. The minimum absolute atomic E-state index is 0.301. The van der Waals surface area contributed by atoms with Crippen molar-refractivity contribution in [3.05, 3.63) is 35.9 Å². The molecule has 100 valence electrons. The Morgan fingerprint density at radius 3 is 2.67 bits per heavy atom. The van der Waals surface area contributed by atoms with E-state index in [0.717, 1.165) is 19.1 Å². The second-order valence-corrected chi connectivity index (χ2v) is 9.27. The van der Waals surface area contributed by atoms with Crippen LogP contribution in [-0.4, -0.2) is 23.4 Å². The van der Waals surface area contributed by atoms with E-state index >= 15 is 0 Å². The van der Waals surface area contributed by atoms with Gasteiger partial charge in [0.2, 0.25) is 0 Å². The van der Waals surface area contributed by atoms with E-state index in [1.165, 1.54) is 5.56 Å². The number of benzene rings is 1. The fraction of sp³-hybridized carbons (Fsp3) is 0.571. The normalized spacial score (nSPS) is 29.7. The first kappa shape index (κ1) is 14.3. The highest BCUT2D eigenvalue weighted by molar-refractivity contribution is 8.38. The van der Waals surface area contributed by atoms with Gasteiger partial charge >= 0.3 is 0 Å². The molecule has 2 rings (SSSR count). The molecule has 1 saturated heterocycles. The molecule has 1 unspecified atom stereocenters. The summed E-state index contributed by atoms with van der Waals surface area (Å²) in [5.74, 6) is 0. The van der Waals surface area contributed by atoms with Gasteiger partial charge in [0, 0.05) is 12.6 Å². The minimum Gasteiger partial charge on any atom is -0.505 e. The zero-order chi connectivity index (χ0) is 13.2. The zero-order valence-corrected chi connectivity index (χ0v) is 13.1. The molecule has 0 N–H and O–H groups in total. The van der Waals surface area contributed by atoms with E-state index < -0.39 is 6.84 Å². The molecule has 1 aliphatic heterocycles. The number of rotatable bonds is 3. The van der Waals surface area contributed by atoms with Gasteiger partial charge in [0.15, 0.2) is 0 Å². The predicted octanol–water partition coefficient (Wildman–Crippen LogP) is 4.02. The lowest BCUT2D eigenvalue weighted by molar-refractivity contribution is 0.149. The summed E-state index contributed by atoms with van der Waals surface area (Å²) in [5, 5.41) is 0. The van der Waals surface area contributed by atoms with Crippen molar-refractivity contribution < 1.29 is 4.52 Å². The Kier molecular flexibility index (Phi) is 4.71. The van der Waals surface area contributed by atoms with Crippen LogP contribution in [0.1, 0.15) is 32.8 Å². The Labute approximate surface area is 116 Å². The van der Waals surface area contributed by atoms with E-state index in [-0.39, 0.29) is 0 Å². The van der Waals surface area contributed by atoms with Crippen LogP contribution in [0.25, 0.3) is 0 Å². The maximum Gasteiger partial charge on any atom is 0.107 e. The van der Waals surface area contributed by atoms with Gasteiger partial charge < -0.3 is 12.2 Å². The van der Waals surface area contributed by atoms with E-state index in [4.69, 9.17) is 16.8 Å². The van der Waals surface area contributed by atoms with Crippen LogP contribution in [0.4, 0.5) is 0 Å². The predicted molar refractivity (Wildman–Crippen MR) is 81.4 cm³/mol. The van der Waals surface area contributed by atoms with Gasteiger partial charge in [-0.15, -0.1) is 0 Å². The molecule has 2 nitrogen and oxygen atoms in total. The smallest absolute Gasteiger partial charge is 0.107 e. The van der Waals surface area contributed by atoms with Gasteiger partial charge in [-0.3, -0.25) is 0 Å². The van der Waals surface area contributed by atoms with Crippen LogP contribution in [0.5, 0.6) is 0 Å². The van der Waals surface area contributed by atoms with Gasteiger partial charge in [0.25, 0.3) is 0 Å². The lowest BCUT2D eigenvalue weighted by atomic mass is 10.2. The molecule has 0 saturated carbocycles. The fourth-order valence-electron chi connectivity index (χ4n) is 2.41. The maximum absolute atomic E-state index is 6.20. The van der Waals surface area contributed by atoms with Crippen LogP contribution in [0.15, 0.2) is 30.3 Å². The summed E-state index contributed by atoms with van der Waals surface area (Å²) in [6, 6.07) is 11.0. The van der Waals surface area contributed by atoms with Crippen molar-refractivity contribution in [2.45, 2.75) is 45.5 Å². The summed E-state index contributed by atoms with van der Waals surface area (Å²) in [5.41, 5.74) is 1.29. The molecule has 0 bridgehead atoms. The number of nitrogens with zero attached hydrogens (tertiary/aromatic N) is 1. The van der Waals surface area contributed by atoms with E-state index in [0.29, 0.717) is 12.1 Å². The largest absolute Gasteiger partial charge is 0.505 e. The molecule has 2 atom stereocenters. The van der Waals surface area contributed by atoms with Crippen molar-refractivity contribution in [2.24, 2.45) is 0 Å². The van der Waals surface area contributed by atoms with E-state index in [1.54, 1.807) is 0 Å². The first-order valence-electron chi connectivity index (χ1n) is 6.60. The molecule has 1 aromatic carbocycles. The number of hydrogen-bond acceptors (Lipinski definition) is 3. The topological polar surface area (TPSA) is 12.5 Å². The van der Waals surface area contributed by atoms with Crippen molar-refractivity contribution in [2.75, 3.05) is 6.54 Å². The highest BCUT2D eigenvalue weighted by Crippen LogP contribution is 2.67. The summed E-state index contributed by atoms with van der Waals surface area (Å²) < 4.78 is 8.62. The third kappa shape index (κ3) is 3.27. The highest BCUT2D eigenvalue weighted by atomic mass is 32.7. The summed E-state index contributed by atoms with van der Waals surface area (Å²) >= 11 is 5.93. The highest BCUT2D eigenvalue weighted by Gasteiger charge is 2.41. The van der Waals surface area contributed by atoms with Crippen LogP contribution in [0.2, 0.25) is 0 Å². The molecule has 0 radical (unpaired) electrons. The molecule has 1 fully saturated rings. The summed E-state index contributed by atoms with van der Waals surface area (Å²) in [6.07, 6.45) is 2.27. The second-order valence-electron chi connectivity index (χ2n) is 5.24. The summed E-state index contributed by atoms with van der Waals surface area (Å²) in [4.78, 5) is 0. The third-order valence-corrected chi connectivity index (χ3v) is 7.50. The molecule has 1 heterocycles. The molecule has 1 aromatic rings. The van der Waals surface area contributed by atoms with Gasteiger partial charge in [-0.2, -0.15) is 4.67 Å². The van der Waals surface area contributed by atoms with Crippen LogP contribution >= 0.6 is 6.84 Å². The van der Waals surface area contributed by atoms with Gasteiger partial charge in [0.1, 0.15) is 13.0 Å². The quantitative estimate of drug-likeness (QED) is 0.614. The van der Waals surface area contributed by atoms with Gasteiger partial charge in [-0.25, -0.2) is 4.52 Å². The Balaban J connectivity index is 2.19. The SMILES string of the molecule is CC(C)N1CC[C@H](C)O[P+]1([S-])Cc1ccccc1. The molecule has 18 heavy (non-hydrogen) atoms. The Morgan fingerprint density at radius 1 is 1.39 bits per heavy atom. The molecule has 0 aromatic heterocycles. The molecule has 0 amide bonds. The number of hydrogen-bond donors (Lipinski definition) is 0. The van der Waals surface area contributed by atoms with Crippen molar-refractivity contribution in [3.8, 4) is 0 Å². The fourth-order valence-corrected chi connectivity index (χ4v) is 6.95. The van der Waals surface area contributed by atoms with Crippen LogP contribution in [-0.2, 0) is 22.9 Å². The van der Waals surface area contributed by atoms with E-state index in [1.807, 2.05) is 6.07 Å². The lowest BCUT2D eigenvalue weighted by Crippen LogP contribution is -2.39. The standard InChI is InChI=1S/C14H22NOPS/c1-12(2)15-10-9-13(3)16-17(15,18)11-14-7-5-4-6-8-14/h4-8,12-13H,9-11H2,1-3H3/t13-,17?/m0/s1. The average Bonchev–Trinajstić information content (AvgIpc) is 2.28. The maximum atomic E-state index is 6.20. The summed E-state index contributed by atoms with van der Waals surface area (Å²) in [6.45, 7) is 5.75. The molecule has 1 aliphatic rings. The van der Waals surface area contributed by atoms with Crippen LogP contribution in [0.3, 0.4) is 0 Å². The first-order chi connectivity index (χ1) is 8.51. The van der Waals surface area contributed by atoms with Gasteiger partial charge in [-0.1, -0.05) is 30.3 Å².